The van der Waals surface area contributed by atoms with Crippen molar-refractivity contribution in [2.24, 2.45) is 0 Å². The number of aryl methyl sites for hydroxylation is 2. The number of amides is 1. The third-order valence-electron chi connectivity index (χ3n) is 3.55. The van der Waals surface area contributed by atoms with Crippen LogP contribution in [-0.2, 0) is 18.3 Å². The van der Waals surface area contributed by atoms with Gasteiger partial charge in [0.25, 0.3) is 5.91 Å². The number of nitrogens with one attached hydrogen (secondary N) is 1. The summed E-state index contributed by atoms with van der Waals surface area (Å²) in [5, 5.41) is 2.87. The van der Waals surface area contributed by atoms with E-state index in [4.69, 9.17) is 0 Å². The van der Waals surface area contributed by atoms with Crippen LogP contribution in [0.15, 0.2) is 18.5 Å². The lowest BCUT2D eigenvalue weighted by Crippen LogP contribution is -2.17. The molecule has 21 heavy (non-hydrogen) atoms. The van der Waals surface area contributed by atoms with E-state index >= 15 is 0 Å². The average Bonchev–Trinajstić information content (AvgIpc) is 2.98. The Morgan fingerprint density at radius 1 is 1.24 bits per heavy atom. The average molecular weight is 301 g/mol. The van der Waals surface area contributed by atoms with Crippen molar-refractivity contribution >= 4 is 22.9 Å². The Bertz CT molecular complexity index is 646. The number of carbonyl (C=O) groups excluding carboxylic acids is 1. The van der Waals surface area contributed by atoms with E-state index in [2.05, 4.69) is 36.1 Å². The molecule has 0 radical (unpaired) electrons. The maximum atomic E-state index is 12.2. The Kier molecular flexibility index (Phi) is 3.53. The number of hydrogen-bond acceptors (Lipinski definition) is 4. The van der Waals surface area contributed by atoms with Gasteiger partial charge in [0.15, 0.2) is 0 Å². The minimum Gasteiger partial charge on any atom is -0.319 e. The van der Waals surface area contributed by atoms with E-state index < -0.39 is 0 Å². The topological polar surface area (TPSA) is 54.9 Å². The minimum absolute atomic E-state index is 0.0680. The van der Waals surface area contributed by atoms with E-state index in [1.807, 2.05) is 6.07 Å². The molecule has 110 valence electrons. The summed E-state index contributed by atoms with van der Waals surface area (Å²) in [5.74, 6) is 0.706. The van der Waals surface area contributed by atoms with Gasteiger partial charge in [0.1, 0.15) is 5.82 Å². The second-order valence-corrected chi connectivity index (χ2v) is 7.55. The summed E-state index contributed by atoms with van der Waals surface area (Å²) in [6, 6.07) is 2.02. The normalized spacial score (nSPS) is 14.0. The molecule has 0 saturated carbocycles. The van der Waals surface area contributed by atoms with Gasteiger partial charge in [0, 0.05) is 10.3 Å². The van der Waals surface area contributed by atoms with Gasteiger partial charge in [0.2, 0.25) is 0 Å². The van der Waals surface area contributed by atoms with Crippen LogP contribution >= 0.6 is 11.3 Å². The Morgan fingerprint density at radius 3 is 2.57 bits per heavy atom. The molecule has 2 aromatic rings. The third-order valence-corrected chi connectivity index (χ3v) is 4.79. The molecule has 4 nitrogen and oxygen atoms in total. The first-order valence-corrected chi connectivity index (χ1v) is 8.00. The van der Waals surface area contributed by atoms with Crippen LogP contribution in [0.3, 0.4) is 0 Å². The van der Waals surface area contributed by atoms with Gasteiger partial charge in [-0.05, 0) is 30.9 Å². The second-order valence-electron chi connectivity index (χ2n) is 6.41. The summed E-state index contributed by atoms with van der Waals surface area (Å²) in [4.78, 5) is 23.0. The minimum atomic E-state index is -0.0862. The predicted molar refractivity (Wildman–Crippen MR) is 85.0 cm³/mol. The van der Waals surface area contributed by atoms with Gasteiger partial charge in [-0.3, -0.25) is 4.79 Å². The highest BCUT2D eigenvalue weighted by Crippen LogP contribution is 2.31. The molecular weight excluding hydrogens is 282 g/mol. The van der Waals surface area contributed by atoms with Crippen LogP contribution in [0.5, 0.6) is 0 Å². The van der Waals surface area contributed by atoms with Crippen LogP contribution in [-0.4, -0.2) is 15.9 Å². The molecule has 3 rings (SSSR count). The van der Waals surface area contributed by atoms with Crippen molar-refractivity contribution in [1.29, 1.82) is 0 Å². The van der Waals surface area contributed by atoms with Gasteiger partial charge in [-0.2, -0.15) is 0 Å². The molecule has 0 bridgehead atoms. The fourth-order valence-electron chi connectivity index (χ4n) is 2.41. The lowest BCUT2D eigenvalue weighted by Gasteiger charge is -2.16. The summed E-state index contributed by atoms with van der Waals surface area (Å²) in [5.41, 5.74) is 1.89. The van der Waals surface area contributed by atoms with Crippen LogP contribution in [0.4, 0.5) is 5.69 Å². The summed E-state index contributed by atoms with van der Waals surface area (Å²) in [6.45, 7) is 6.19. The molecule has 1 aliphatic rings. The summed E-state index contributed by atoms with van der Waals surface area (Å²) >= 11 is 1.60. The Labute approximate surface area is 128 Å². The van der Waals surface area contributed by atoms with Crippen LogP contribution in [0.25, 0.3) is 0 Å². The number of aromatic nitrogens is 2. The van der Waals surface area contributed by atoms with Crippen LogP contribution in [0.1, 0.15) is 53.1 Å². The molecule has 0 unspecified atom stereocenters. The zero-order chi connectivity index (χ0) is 15.0. The lowest BCUT2D eigenvalue weighted by atomic mass is 9.96. The number of carbonyl (C=O) groups is 1. The van der Waals surface area contributed by atoms with Crippen molar-refractivity contribution in [3.05, 3.63) is 39.6 Å². The van der Waals surface area contributed by atoms with Crippen molar-refractivity contribution < 1.29 is 4.79 Å². The van der Waals surface area contributed by atoms with Gasteiger partial charge in [-0.25, -0.2) is 9.97 Å². The largest absolute Gasteiger partial charge is 0.319 e. The summed E-state index contributed by atoms with van der Waals surface area (Å²) < 4.78 is 0. The van der Waals surface area contributed by atoms with Crippen molar-refractivity contribution in [1.82, 2.24) is 9.97 Å². The van der Waals surface area contributed by atoms with Gasteiger partial charge in [-0.1, -0.05) is 20.8 Å². The molecule has 2 aromatic heterocycles. The van der Waals surface area contributed by atoms with E-state index in [9.17, 15) is 4.79 Å². The molecule has 2 heterocycles. The van der Waals surface area contributed by atoms with Crippen LogP contribution < -0.4 is 5.32 Å². The summed E-state index contributed by atoms with van der Waals surface area (Å²) in [6.07, 6.45) is 6.77. The van der Waals surface area contributed by atoms with E-state index in [1.165, 1.54) is 16.9 Å². The zero-order valence-electron chi connectivity index (χ0n) is 12.6. The van der Waals surface area contributed by atoms with Crippen molar-refractivity contribution in [3.63, 3.8) is 0 Å². The van der Waals surface area contributed by atoms with E-state index in [0.29, 0.717) is 5.69 Å². The van der Waals surface area contributed by atoms with E-state index in [0.717, 1.165) is 23.5 Å². The molecule has 0 saturated heterocycles. The maximum Gasteiger partial charge on any atom is 0.265 e. The number of hydrogen-bond donors (Lipinski definition) is 1. The quantitative estimate of drug-likeness (QED) is 0.922. The highest BCUT2D eigenvalue weighted by atomic mass is 32.1. The molecule has 0 aliphatic heterocycles. The molecule has 1 N–H and O–H groups in total. The standard InChI is InChI=1S/C16H19N3OS/c1-16(2,3)15-17-8-11(9-18-15)19-14(20)13-7-10-5-4-6-12(10)21-13/h7-9H,4-6H2,1-3H3,(H,19,20). The Hall–Kier alpha value is -1.75. The van der Waals surface area contributed by atoms with Crippen LogP contribution in [0, 0.1) is 0 Å². The van der Waals surface area contributed by atoms with E-state index in [1.54, 1.807) is 23.7 Å². The van der Waals surface area contributed by atoms with Gasteiger partial charge in [-0.15, -0.1) is 11.3 Å². The highest BCUT2D eigenvalue weighted by Gasteiger charge is 2.19. The molecule has 5 heteroatoms. The smallest absolute Gasteiger partial charge is 0.265 e. The number of thiophene rings is 1. The SMILES string of the molecule is CC(C)(C)c1ncc(NC(=O)c2cc3c(s2)CCC3)cn1. The molecule has 1 amide bonds. The second kappa shape index (κ2) is 5.22. The highest BCUT2D eigenvalue weighted by molar-refractivity contribution is 7.14. The van der Waals surface area contributed by atoms with Crippen molar-refractivity contribution in [2.45, 2.75) is 45.4 Å². The number of fused-ring (bicyclic) bond motifs is 1. The zero-order valence-corrected chi connectivity index (χ0v) is 13.4. The fraction of sp³-hybridized carbons (Fsp3) is 0.438. The first-order chi connectivity index (χ1) is 9.93. The molecule has 1 aliphatic carbocycles. The molecular formula is C16H19N3OS. The number of nitrogens with zero attached hydrogens (tertiary/aromatic N) is 2. The van der Waals surface area contributed by atoms with Crippen molar-refractivity contribution in [3.8, 4) is 0 Å². The molecule has 0 spiro atoms. The number of rotatable bonds is 2. The van der Waals surface area contributed by atoms with Crippen LogP contribution in [0.2, 0.25) is 0 Å². The maximum absolute atomic E-state index is 12.2. The Morgan fingerprint density at radius 2 is 1.95 bits per heavy atom. The first kappa shape index (κ1) is 14.2. The third kappa shape index (κ3) is 2.97. The number of anilines is 1. The molecule has 0 aromatic carbocycles. The van der Waals surface area contributed by atoms with Gasteiger partial charge >= 0.3 is 0 Å². The fourth-order valence-corrected chi connectivity index (χ4v) is 3.56. The van der Waals surface area contributed by atoms with Gasteiger partial charge < -0.3 is 5.32 Å². The first-order valence-electron chi connectivity index (χ1n) is 7.19. The molecule has 0 fully saturated rings. The van der Waals surface area contributed by atoms with Crippen molar-refractivity contribution in [2.75, 3.05) is 5.32 Å². The monoisotopic (exact) mass is 301 g/mol. The predicted octanol–water partition coefficient (Wildman–Crippen LogP) is 3.58. The Balaban J connectivity index is 1.72. The molecule has 0 atom stereocenters. The van der Waals surface area contributed by atoms with Gasteiger partial charge in [0.05, 0.1) is 23.0 Å². The lowest BCUT2D eigenvalue weighted by molar-refractivity contribution is 0.103. The summed E-state index contributed by atoms with van der Waals surface area (Å²) in [7, 11) is 0. The van der Waals surface area contributed by atoms with E-state index in [-0.39, 0.29) is 11.3 Å².